The van der Waals surface area contributed by atoms with Crippen molar-refractivity contribution in [3.05, 3.63) is 28.5 Å². The SMILES string of the molecule is CCC(C)(CNS(=O)(=O)c1ccc(F)cc1Br)C(=O)O. The summed E-state index contributed by atoms with van der Waals surface area (Å²) in [6, 6.07) is 3.17. The first-order chi connectivity index (χ1) is 9.12. The number of rotatable bonds is 6. The Bertz CT molecular complexity index is 620. The van der Waals surface area contributed by atoms with Gasteiger partial charge in [-0.1, -0.05) is 6.92 Å². The molecule has 1 unspecified atom stereocenters. The van der Waals surface area contributed by atoms with Gasteiger partial charge in [-0.25, -0.2) is 17.5 Å². The molecule has 0 heterocycles. The Morgan fingerprint density at radius 2 is 2.10 bits per heavy atom. The molecular formula is C12H15BrFNO4S. The summed E-state index contributed by atoms with van der Waals surface area (Å²) >= 11 is 2.97. The molecule has 112 valence electrons. The van der Waals surface area contributed by atoms with Gasteiger partial charge in [-0.15, -0.1) is 0 Å². The topological polar surface area (TPSA) is 83.5 Å². The number of hydrogen-bond acceptors (Lipinski definition) is 3. The number of carboxylic acids is 1. The van der Waals surface area contributed by atoms with Gasteiger partial charge in [0.05, 0.1) is 10.3 Å². The molecule has 5 nitrogen and oxygen atoms in total. The first kappa shape index (κ1) is 17.1. The highest BCUT2D eigenvalue weighted by Crippen LogP contribution is 2.25. The van der Waals surface area contributed by atoms with Crippen LogP contribution in [0.5, 0.6) is 0 Å². The summed E-state index contributed by atoms with van der Waals surface area (Å²) < 4.78 is 39.5. The third kappa shape index (κ3) is 3.77. The Kier molecular flexibility index (Phi) is 5.28. The number of benzene rings is 1. The Morgan fingerprint density at radius 3 is 2.55 bits per heavy atom. The lowest BCUT2D eigenvalue weighted by atomic mass is 9.88. The van der Waals surface area contributed by atoms with Crippen LogP contribution in [0.1, 0.15) is 20.3 Å². The first-order valence-corrected chi connectivity index (χ1v) is 8.08. The van der Waals surface area contributed by atoms with E-state index in [0.29, 0.717) is 0 Å². The monoisotopic (exact) mass is 367 g/mol. The molecule has 0 amide bonds. The summed E-state index contributed by atoms with van der Waals surface area (Å²) in [7, 11) is -3.91. The van der Waals surface area contributed by atoms with Crippen molar-refractivity contribution in [1.82, 2.24) is 4.72 Å². The second-order valence-electron chi connectivity index (χ2n) is 4.62. The van der Waals surface area contributed by atoms with E-state index >= 15 is 0 Å². The molecule has 0 bridgehead atoms. The summed E-state index contributed by atoms with van der Waals surface area (Å²) in [5.41, 5.74) is -1.19. The molecule has 1 rings (SSSR count). The second kappa shape index (κ2) is 6.19. The number of nitrogens with one attached hydrogen (secondary N) is 1. The maximum atomic E-state index is 12.9. The minimum Gasteiger partial charge on any atom is -0.481 e. The smallest absolute Gasteiger partial charge is 0.310 e. The molecule has 0 spiro atoms. The van der Waals surface area contributed by atoms with Crippen molar-refractivity contribution in [2.75, 3.05) is 6.54 Å². The van der Waals surface area contributed by atoms with E-state index in [1.807, 2.05) is 0 Å². The highest BCUT2D eigenvalue weighted by molar-refractivity contribution is 9.10. The standard InChI is InChI=1S/C12H15BrFNO4S/c1-3-12(2,11(16)17)7-15-20(18,19)10-5-4-8(14)6-9(10)13/h4-6,15H,3,7H2,1-2H3,(H,16,17). The van der Waals surface area contributed by atoms with E-state index in [1.165, 1.54) is 6.92 Å². The molecule has 0 saturated carbocycles. The Balaban J connectivity index is 2.99. The highest BCUT2D eigenvalue weighted by Gasteiger charge is 2.33. The van der Waals surface area contributed by atoms with E-state index in [1.54, 1.807) is 6.92 Å². The van der Waals surface area contributed by atoms with Crippen molar-refractivity contribution < 1.29 is 22.7 Å². The third-order valence-electron chi connectivity index (χ3n) is 3.13. The van der Waals surface area contributed by atoms with E-state index in [9.17, 15) is 17.6 Å². The van der Waals surface area contributed by atoms with Crippen molar-refractivity contribution in [3.8, 4) is 0 Å². The summed E-state index contributed by atoms with van der Waals surface area (Å²) in [6.07, 6.45) is 0.273. The second-order valence-corrected chi connectivity index (χ2v) is 7.21. The van der Waals surface area contributed by atoms with Gasteiger partial charge in [0.1, 0.15) is 5.82 Å². The zero-order valence-corrected chi connectivity index (χ0v) is 13.4. The number of hydrogen-bond donors (Lipinski definition) is 2. The fourth-order valence-electron chi connectivity index (χ4n) is 1.38. The van der Waals surface area contributed by atoms with Crippen molar-refractivity contribution >= 4 is 31.9 Å². The first-order valence-electron chi connectivity index (χ1n) is 5.80. The molecule has 8 heteroatoms. The van der Waals surface area contributed by atoms with Crippen molar-refractivity contribution in [3.63, 3.8) is 0 Å². The Hall–Kier alpha value is -0.990. The van der Waals surface area contributed by atoms with Gasteiger partial charge in [-0.2, -0.15) is 0 Å². The van der Waals surface area contributed by atoms with Gasteiger partial charge in [0.25, 0.3) is 0 Å². The largest absolute Gasteiger partial charge is 0.481 e. The van der Waals surface area contributed by atoms with Crippen molar-refractivity contribution in [2.24, 2.45) is 5.41 Å². The van der Waals surface area contributed by atoms with Crippen LogP contribution in [-0.4, -0.2) is 26.0 Å². The molecule has 20 heavy (non-hydrogen) atoms. The molecule has 1 aromatic rings. The van der Waals surface area contributed by atoms with E-state index in [2.05, 4.69) is 20.7 Å². The van der Waals surface area contributed by atoms with Crippen LogP contribution in [0, 0.1) is 11.2 Å². The molecule has 0 aliphatic rings. The van der Waals surface area contributed by atoms with Gasteiger partial charge in [-0.3, -0.25) is 4.79 Å². The van der Waals surface area contributed by atoms with Crippen LogP contribution in [0.4, 0.5) is 4.39 Å². The zero-order chi connectivity index (χ0) is 15.6. The van der Waals surface area contributed by atoms with Crippen molar-refractivity contribution in [2.45, 2.75) is 25.2 Å². The van der Waals surface area contributed by atoms with Gasteiger partial charge in [0.15, 0.2) is 0 Å². The minimum atomic E-state index is -3.91. The molecule has 2 N–H and O–H groups in total. The van der Waals surface area contributed by atoms with Gasteiger partial charge >= 0.3 is 5.97 Å². The number of sulfonamides is 1. The van der Waals surface area contributed by atoms with Gasteiger partial charge < -0.3 is 5.11 Å². The van der Waals surface area contributed by atoms with Crippen LogP contribution in [0.25, 0.3) is 0 Å². The van der Waals surface area contributed by atoms with E-state index in [-0.39, 0.29) is 22.3 Å². The quantitative estimate of drug-likeness (QED) is 0.808. The molecule has 0 radical (unpaired) electrons. The van der Waals surface area contributed by atoms with Gasteiger partial charge in [-0.05, 0) is 47.5 Å². The third-order valence-corrected chi connectivity index (χ3v) is 5.51. The molecule has 0 aliphatic carbocycles. The van der Waals surface area contributed by atoms with E-state index < -0.39 is 27.2 Å². The molecule has 1 atom stereocenters. The van der Waals surface area contributed by atoms with Crippen molar-refractivity contribution in [1.29, 1.82) is 0 Å². The van der Waals surface area contributed by atoms with Gasteiger partial charge in [0, 0.05) is 11.0 Å². The summed E-state index contributed by atoms with van der Waals surface area (Å²) in [5, 5.41) is 9.10. The molecule has 0 aliphatic heterocycles. The predicted octanol–water partition coefficient (Wildman–Crippen LogP) is 2.37. The van der Waals surface area contributed by atoms with Crippen LogP contribution < -0.4 is 4.72 Å². The lowest BCUT2D eigenvalue weighted by molar-refractivity contribution is -0.147. The summed E-state index contributed by atoms with van der Waals surface area (Å²) in [5.74, 6) is -1.65. The van der Waals surface area contributed by atoms with Crippen LogP contribution >= 0.6 is 15.9 Å². The van der Waals surface area contributed by atoms with E-state index in [0.717, 1.165) is 18.2 Å². The average molecular weight is 368 g/mol. The van der Waals surface area contributed by atoms with Gasteiger partial charge in [0.2, 0.25) is 10.0 Å². The van der Waals surface area contributed by atoms with Crippen LogP contribution in [0.3, 0.4) is 0 Å². The molecule has 0 fully saturated rings. The molecule has 0 saturated heterocycles. The maximum absolute atomic E-state index is 12.9. The lowest BCUT2D eigenvalue weighted by Gasteiger charge is -2.23. The van der Waals surface area contributed by atoms with Crippen LogP contribution in [-0.2, 0) is 14.8 Å². The Morgan fingerprint density at radius 1 is 1.50 bits per heavy atom. The van der Waals surface area contributed by atoms with Crippen LogP contribution in [0.15, 0.2) is 27.6 Å². The Labute approximate surface area is 125 Å². The number of halogens is 2. The summed E-state index contributed by atoms with van der Waals surface area (Å²) in [4.78, 5) is 11.0. The highest BCUT2D eigenvalue weighted by atomic mass is 79.9. The summed E-state index contributed by atoms with van der Waals surface area (Å²) in [6.45, 7) is 2.87. The number of carboxylic acid groups (broad SMARTS) is 1. The molecule has 0 aromatic heterocycles. The number of carbonyl (C=O) groups is 1. The normalized spacial score (nSPS) is 14.8. The zero-order valence-electron chi connectivity index (χ0n) is 11.0. The van der Waals surface area contributed by atoms with E-state index in [4.69, 9.17) is 5.11 Å². The predicted molar refractivity (Wildman–Crippen MR) is 75.3 cm³/mol. The fraction of sp³-hybridized carbons (Fsp3) is 0.417. The molecular weight excluding hydrogens is 353 g/mol. The maximum Gasteiger partial charge on any atom is 0.310 e. The number of aliphatic carboxylic acids is 1. The average Bonchev–Trinajstić information content (AvgIpc) is 2.35. The fourth-order valence-corrected chi connectivity index (χ4v) is 3.59. The van der Waals surface area contributed by atoms with Crippen LogP contribution in [0.2, 0.25) is 0 Å². The molecule has 1 aromatic carbocycles. The lowest BCUT2D eigenvalue weighted by Crippen LogP contribution is -2.40. The minimum absolute atomic E-state index is 0.0820.